The minimum atomic E-state index is -1.79. The highest BCUT2D eigenvalue weighted by Gasteiger charge is 2.11. The first-order valence-corrected chi connectivity index (χ1v) is 4.11. The van der Waals surface area contributed by atoms with Crippen LogP contribution in [-0.2, 0) is 7.05 Å². The molecule has 1 aromatic carbocycles. The highest BCUT2D eigenvalue weighted by atomic mass is 16.6. The third-order valence-electron chi connectivity index (χ3n) is 1.96. The predicted molar refractivity (Wildman–Crippen MR) is 51.5 cm³/mol. The Hall–Kier alpha value is -1.53. The van der Waals surface area contributed by atoms with Crippen LogP contribution < -0.4 is 4.65 Å². The summed E-state index contributed by atoms with van der Waals surface area (Å²) in [6.45, 7) is 0. The number of fused-ring (bicyclic) bond motifs is 1. The lowest BCUT2D eigenvalue weighted by atomic mass is 10.2. The van der Waals surface area contributed by atoms with Gasteiger partial charge < -0.3 is 14.7 Å². The van der Waals surface area contributed by atoms with Gasteiger partial charge in [-0.2, -0.15) is 5.10 Å². The average molecular weight is 192 g/mol. The lowest BCUT2D eigenvalue weighted by molar-refractivity contribution is 0.288. The van der Waals surface area contributed by atoms with E-state index in [-0.39, 0.29) is 0 Å². The first kappa shape index (κ1) is 9.05. The Morgan fingerprint density at radius 2 is 2.21 bits per heavy atom. The van der Waals surface area contributed by atoms with Gasteiger partial charge in [-0.1, -0.05) is 0 Å². The molecule has 5 nitrogen and oxygen atoms in total. The summed E-state index contributed by atoms with van der Waals surface area (Å²) >= 11 is 0. The third kappa shape index (κ3) is 1.57. The van der Waals surface area contributed by atoms with Gasteiger partial charge in [0.2, 0.25) is 0 Å². The van der Waals surface area contributed by atoms with Crippen molar-refractivity contribution in [1.29, 1.82) is 0 Å². The van der Waals surface area contributed by atoms with Gasteiger partial charge in [0, 0.05) is 12.4 Å². The first-order valence-electron chi connectivity index (χ1n) is 4.11. The van der Waals surface area contributed by atoms with E-state index in [9.17, 15) is 0 Å². The number of aryl methyl sites for hydroxylation is 1. The SMILES string of the molecule is Cn1ncc2cc(OB(O)O)ccc21. The third-order valence-corrected chi connectivity index (χ3v) is 1.96. The van der Waals surface area contributed by atoms with Crippen LogP contribution in [0.3, 0.4) is 0 Å². The van der Waals surface area contributed by atoms with Crippen LogP contribution in [0, 0.1) is 0 Å². The maximum absolute atomic E-state index is 8.60. The molecule has 0 bridgehead atoms. The molecule has 0 aliphatic carbocycles. The van der Waals surface area contributed by atoms with Gasteiger partial charge in [-0.3, -0.25) is 4.68 Å². The van der Waals surface area contributed by atoms with Gasteiger partial charge in [-0.15, -0.1) is 0 Å². The summed E-state index contributed by atoms with van der Waals surface area (Å²) in [6.07, 6.45) is 1.69. The molecule has 0 aliphatic rings. The van der Waals surface area contributed by atoms with Gasteiger partial charge in [0.1, 0.15) is 5.75 Å². The fourth-order valence-corrected chi connectivity index (χ4v) is 1.34. The minimum Gasteiger partial charge on any atom is -0.512 e. The van der Waals surface area contributed by atoms with Crippen LogP contribution in [0.15, 0.2) is 24.4 Å². The van der Waals surface area contributed by atoms with Crippen molar-refractivity contribution in [2.45, 2.75) is 0 Å². The van der Waals surface area contributed by atoms with Gasteiger partial charge in [-0.05, 0) is 18.2 Å². The highest BCUT2D eigenvalue weighted by Crippen LogP contribution is 2.19. The highest BCUT2D eigenvalue weighted by molar-refractivity contribution is 6.33. The topological polar surface area (TPSA) is 67.5 Å². The summed E-state index contributed by atoms with van der Waals surface area (Å²) in [7, 11) is 0.0492. The number of hydrogen-bond donors (Lipinski definition) is 2. The van der Waals surface area contributed by atoms with Crippen LogP contribution in [0.25, 0.3) is 10.9 Å². The zero-order valence-corrected chi connectivity index (χ0v) is 7.58. The second-order valence-corrected chi connectivity index (χ2v) is 2.93. The fraction of sp³-hybridized carbons (Fsp3) is 0.125. The molecule has 0 amide bonds. The van der Waals surface area contributed by atoms with Crippen molar-refractivity contribution >= 4 is 18.2 Å². The number of benzene rings is 1. The van der Waals surface area contributed by atoms with E-state index < -0.39 is 7.32 Å². The maximum atomic E-state index is 8.60. The van der Waals surface area contributed by atoms with Crippen molar-refractivity contribution in [2.75, 3.05) is 0 Å². The fourth-order valence-electron chi connectivity index (χ4n) is 1.34. The molecule has 2 aromatic rings. The average Bonchev–Trinajstić information content (AvgIpc) is 2.46. The van der Waals surface area contributed by atoms with Crippen molar-refractivity contribution in [2.24, 2.45) is 7.05 Å². The maximum Gasteiger partial charge on any atom is 0.707 e. The Kier molecular flexibility index (Phi) is 2.15. The predicted octanol–water partition coefficient (Wildman–Crippen LogP) is -0.0784. The molecule has 1 aromatic heterocycles. The van der Waals surface area contributed by atoms with Crippen LogP contribution >= 0.6 is 0 Å². The van der Waals surface area contributed by atoms with Gasteiger partial charge >= 0.3 is 7.32 Å². The molecule has 0 saturated heterocycles. The van der Waals surface area contributed by atoms with E-state index in [2.05, 4.69) is 5.10 Å². The number of hydrogen-bond acceptors (Lipinski definition) is 4. The quantitative estimate of drug-likeness (QED) is 0.653. The monoisotopic (exact) mass is 192 g/mol. The molecule has 72 valence electrons. The van der Waals surface area contributed by atoms with Gasteiger partial charge in [0.05, 0.1) is 11.7 Å². The first-order chi connectivity index (χ1) is 6.66. The summed E-state index contributed by atoms with van der Waals surface area (Å²) in [5, 5.41) is 22.1. The van der Waals surface area contributed by atoms with Crippen LogP contribution in [0.4, 0.5) is 0 Å². The minimum absolute atomic E-state index is 0.403. The van der Waals surface area contributed by atoms with E-state index in [1.54, 1.807) is 29.1 Å². The van der Waals surface area contributed by atoms with Crippen LogP contribution in [-0.4, -0.2) is 27.1 Å². The largest absolute Gasteiger partial charge is 0.707 e. The molecule has 1 heterocycles. The summed E-state index contributed by atoms with van der Waals surface area (Å²) in [5.41, 5.74) is 0.963. The molecule has 0 fully saturated rings. The van der Waals surface area contributed by atoms with Crippen LogP contribution in [0.1, 0.15) is 0 Å². The molecule has 2 rings (SSSR count). The number of rotatable bonds is 2. The molecular formula is C8H9BN2O3. The molecular weight excluding hydrogens is 183 g/mol. The van der Waals surface area contributed by atoms with Gasteiger partial charge in [-0.25, -0.2) is 0 Å². The second-order valence-electron chi connectivity index (χ2n) is 2.93. The Balaban J connectivity index is 2.42. The molecule has 14 heavy (non-hydrogen) atoms. The van der Waals surface area contributed by atoms with E-state index in [0.717, 1.165) is 10.9 Å². The number of aromatic nitrogens is 2. The van der Waals surface area contributed by atoms with Crippen LogP contribution in [0.5, 0.6) is 5.75 Å². The summed E-state index contributed by atoms with van der Waals surface area (Å²) in [4.78, 5) is 0. The van der Waals surface area contributed by atoms with Crippen molar-refractivity contribution in [3.8, 4) is 5.75 Å². The molecule has 0 spiro atoms. The van der Waals surface area contributed by atoms with Crippen LogP contribution in [0.2, 0.25) is 0 Å². The standard InChI is InChI=1S/C8H9BN2O3/c1-11-8-3-2-7(14-9(12)13)4-6(8)5-10-11/h2-5,12-13H,1H3. The second kappa shape index (κ2) is 3.32. The van der Waals surface area contributed by atoms with Crippen molar-refractivity contribution in [3.05, 3.63) is 24.4 Å². The lowest BCUT2D eigenvalue weighted by Crippen LogP contribution is -2.20. The van der Waals surface area contributed by atoms with Gasteiger partial charge in [0.25, 0.3) is 0 Å². The van der Waals surface area contributed by atoms with Crippen molar-refractivity contribution in [1.82, 2.24) is 9.78 Å². The molecule has 0 atom stereocenters. The molecule has 2 N–H and O–H groups in total. The van der Waals surface area contributed by atoms with E-state index >= 15 is 0 Å². The Morgan fingerprint density at radius 1 is 1.43 bits per heavy atom. The molecule has 6 heteroatoms. The van der Waals surface area contributed by atoms with E-state index in [1.807, 2.05) is 7.05 Å². The Morgan fingerprint density at radius 3 is 2.93 bits per heavy atom. The zero-order valence-electron chi connectivity index (χ0n) is 7.58. The normalized spacial score (nSPS) is 10.5. The van der Waals surface area contributed by atoms with E-state index in [4.69, 9.17) is 14.7 Å². The van der Waals surface area contributed by atoms with Crippen molar-refractivity contribution < 1.29 is 14.7 Å². The molecule has 0 radical (unpaired) electrons. The molecule has 0 aliphatic heterocycles. The zero-order chi connectivity index (χ0) is 10.1. The Bertz CT molecular complexity index is 455. The smallest absolute Gasteiger partial charge is 0.512 e. The summed E-state index contributed by atoms with van der Waals surface area (Å²) < 4.78 is 6.44. The molecule has 0 unspecified atom stereocenters. The summed E-state index contributed by atoms with van der Waals surface area (Å²) in [5.74, 6) is 0.403. The summed E-state index contributed by atoms with van der Waals surface area (Å²) in [6, 6.07) is 5.16. The van der Waals surface area contributed by atoms with E-state index in [0.29, 0.717) is 5.75 Å². The number of nitrogens with zero attached hydrogens (tertiary/aromatic N) is 2. The lowest BCUT2D eigenvalue weighted by Gasteiger charge is -2.03. The van der Waals surface area contributed by atoms with E-state index in [1.165, 1.54) is 0 Å². The van der Waals surface area contributed by atoms with Gasteiger partial charge in [0.15, 0.2) is 0 Å². The Labute approximate surface area is 80.7 Å². The van der Waals surface area contributed by atoms with Crippen molar-refractivity contribution in [3.63, 3.8) is 0 Å². The molecule has 0 saturated carbocycles.